The number of fused-ring (bicyclic) bond motifs is 1. The number of benzene rings is 1. The van der Waals surface area contributed by atoms with Crippen molar-refractivity contribution in [3.8, 4) is 11.3 Å². The molecule has 1 fully saturated rings. The van der Waals surface area contributed by atoms with Crippen LogP contribution >= 0.6 is 0 Å². The van der Waals surface area contributed by atoms with Crippen molar-refractivity contribution in [1.82, 2.24) is 19.6 Å². The average Bonchev–Trinajstić information content (AvgIpc) is 3.45. The lowest BCUT2D eigenvalue weighted by Gasteiger charge is -2.26. The van der Waals surface area contributed by atoms with E-state index in [9.17, 15) is 4.39 Å². The van der Waals surface area contributed by atoms with Crippen molar-refractivity contribution in [2.45, 2.75) is 18.9 Å². The standard InChI is InChI=1S/C23H23FN6O/c24-18-4-1-3-16(13-18)19-5-2-11-29(19)23-7-6-22-27-15-20(30(22)28-23)17-8-9-25-21(14-17)26-10-12-31/h1,3-4,6-9,13-15,19,31H,2,5,10-12H2,(H,25,26). The van der Waals surface area contributed by atoms with E-state index in [1.54, 1.807) is 24.5 Å². The van der Waals surface area contributed by atoms with Crippen LogP contribution in [0.2, 0.25) is 0 Å². The first kappa shape index (κ1) is 19.4. The molecule has 0 radical (unpaired) electrons. The molecule has 0 spiro atoms. The van der Waals surface area contributed by atoms with E-state index in [1.807, 2.05) is 34.8 Å². The number of rotatable bonds is 6. The fourth-order valence-corrected chi connectivity index (χ4v) is 4.19. The summed E-state index contributed by atoms with van der Waals surface area (Å²) in [5.41, 5.74) is 3.50. The Bertz CT molecular complexity index is 1210. The van der Waals surface area contributed by atoms with Crippen LogP contribution in [0, 0.1) is 5.82 Å². The zero-order chi connectivity index (χ0) is 21.2. The van der Waals surface area contributed by atoms with Gasteiger partial charge in [-0.25, -0.2) is 18.9 Å². The molecule has 0 bridgehead atoms. The van der Waals surface area contributed by atoms with Crippen LogP contribution in [0.25, 0.3) is 16.9 Å². The zero-order valence-corrected chi connectivity index (χ0v) is 16.9. The van der Waals surface area contributed by atoms with Gasteiger partial charge in [0.2, 0.25) is 0 Å². The Morgan fingerprint density at radius 1 is 1.13 bits per heavy atom. The molecule has 3 aromatic heterocycles. The van der Waals surface area contributed by atoms with Crippen molar-refractivity contribution in [3.05, 3.63) is 72.3 Å². The normalized spacial score (nSPS) is 16.2. The predicted octanol–water partition coefficient (Wildman–Crippen LogP) is 3.68. The molecule has 2 N–H and O–H groups in total. The third-order valence-corrected chi connectivity index (χ3v) is 5.60. The number of anilines is 2. The number of hydrogen-bond donors (Lipinski definition) is 2. The smallest absolute Gasteiger partial charge is 0.154 e. The Balaban J connectivity index is 1.51. The molecule has 0 saturated carbocycles. The highest BCUT2D eigenvalue weighted by molar-refractivity contribution is 5.66. The zero-order valence-electron chi connectivity index (χ0n) is 16.9. The number of aromatic nitrogens is 4. The molecule has 0 amide bonds. The molecule has 31 heavy (non-hydrogen) atoms. The molecule has 1 aliphatic rings. The van der Waals surface area contributed by atoms with Crippen LogP contribution in [0.15, 0.2) is 60.9 Å². The second-order valence-corrected chi connectivity index (χ2v) is 7.59. The highest BCUT2D eigenvalue weighted by atomic mass is 19.1. The number of nitrogens with one attached hydrogen (secondary N) is 1. The van der Waals surface area contributed by atoms with E-state index in [4.69, 9.17) is 10.2 Å². The van der Waals surface area contributed by atoms with Gasteiger partial charge in [-0.3, -0.25) is 0 Å². The Labute approximate surface area is 179 Å². The molecule has 4 heterocycles. The van der Waals surface area contributed by atoms with Crippen molar-refractivity contribution >= 4 is 17.3 Å². The topological polar surface area (TPSA) is 78.6 Å². The minimum Gasteiger partial charge on any atom is -0.395 e. The fourth-order valence-electron chi connectivity index (χ4n) is 4.19. The van der Waals surface area contributed by atoms with E-state index < -0.39 is 0 Å². The fraction of sp³-hybridized carbons (Fsp3) is 0.261. The maximum Gasteiger partial charge on any atom is 0.154 e. The number of hydrogen-bond acceptors (Lipinski definition) is 6. The number of nitrogens with zero attached hydrogens (tertiary/aromatic N) is 5. The number of imidazole rings is 1. The quantitative estimate of drug-likeness (QED) is 0.497. The van der Waals surface area contributed by atoms with Crippen LogP contribution in [0.1, 0.15) is 24.4 Å². The van der Waals surface area contributed by atoms with E-state index in [2.05, 4.69) is 20.2 Å². The Hall–Kier alpha value is -3.52. The van der Waals surface area contributed by atoms with Gasteiger partial charge in [0.1, 0.15) is 17.5 Å². The van der Waals surface area contributed by atoms with E-state index in [-0.39, 0.29) is 18.5 Å². The summed E-state index contributed by atoms with van der Waals surface area (Å²) in [5.74, 6) is 1.31. The van der Waals surface area contributed by atoms with Gasteiger partial charge in [0.05, 0.1) is 24.5 Å². The van der Waals surface area contributed by atoms with Gasteiger partial charge in [-0.15, -0.1) is 5.10 Å². The van der Waals surface area contributed by atoms with Gasteiger partial charge in [-0.05, 0) is 54.8 Å². The molecule has 7 nitrogen and oxygen atoms in total. The van der Waals surface area contributed by atoms with Crippen LogP contribution < -0.4 is 10.2 Å². The largest absolute Gasteiger partial charge is 0.395 e. The summed E-state index contributed by atoms with van der Waals surface area (Å²) in [6, 6.07) is 14.7. The first-order valence-corrected chi connectivity index (χ1v) is 10.4. The van der Waals surface area contributed by atoms with E-state index in [0.29, 0.717) is 12.4 Å². The van der Waals surface area contributed by atoms with Gasteiger partial charge in [0, 0.05) is 24.8 Å². The Kier molecular flexibility index (Phi) is 5.21. The van der Waals surface area contributed by atoms with Crippen molar-refractivity contribution < 1.29 is 9.50 Å². The number of halogens is 1. The van der Waals surface area contributed by atoms with Gasteiger partial charge in [-0.2, -0.15) is 0 Å². The molecular weight excluding hydrogens is 395 g/mol. The SMILES string of the molecule is OCCNc1cc(-c2cnc3ccc(N4CCCC4c4cccc(F)c4)nn23)ccn1. The average molecular weight is 418 g/mol. The summed E-state index contributed by atoms with van der Waals surface area (Å²) >= 11 is 0. The molecule has 5 rings (SSSR count). The summed E-state index contributed by atoms with van der Waals surface area (Å²) in [6.07, 6.45) is 5.51. The molecule has 0 aliphatic carbocycles. The maximum atomic E-state index is 13.8. The molecule has 4 aromatic rings. The van der Waals surface area contributed by atoms with Gasteiger partial charge in [-0.1, -0.05) is 12.1 Å². The van der Waals surface area contributed by atoms with Crippen molar-refractivity contribution in [2.24, 2.45) is 0 Å². The summed E-state index contributed by atoms with van der Waals surface area (Å²) in [6.45, 7) is 1.34. The molecule has 1 saturated heterocycles. The lowest BCUT2D eigenvalue weighted by atomic mass is 10.0. The number of aliphatic hydroxyl groups is 1. The highest BCUT2D eigenvalue weighted by Gasteiger charge is 2.28. The minimum absolute atomic E-state index is 0.0365. The molecular formula is C23H23FN6O. The lowest BCUT2D eigenvalue weighted by molar-refractivity contribution is 0.311. The second-order valence-electron chi connectivity index (χ2n) is 7.59. The molecule has 1 atom stereocenters. The third-order valence-electron chi connectivity index (χ3n) is 5.60. The lowest BCUT2D eigenvalue weighted by Crippen LogP contribution is -2.24. The van der Waals surface area contributed by atoms with Gasteiger partial charge < -0.3 is 15.3 Å². The molecule has 8 heteroatoms. The third kappa shape index (κ3) is 3.82. The van der Waals surface area contributed by atoms with Crippen LogP contribution in [0.3, 0.4) is 0 Å². The van der Waals surface area contributed by atoms with Gasteiger partial charge in [0.15, 0.2) is 5.65 Å². The van der Waals surface area contributed by atoms with E-state index >= 15 is 0 Å². The molecule has 1 unspecified atom stereocenters. The minimum atomic E-state index is -0.215. The highest BCUT2D eigenvalue weighted by Crippen LogP contribution is 2.35. The first-order valence-electron chi connectivity index (χ1n) is 10.4. The van der Waals surface area contributed by atoms with Crippen LogP contribution in [-0.4, -0.2) is 44.4 Å². The number of aliphatic hydroxyl groups excluding tert-OH is 1. The maximum absolute atomic E-state index is 13.8. The van der Waals surface area contributed by atoms with Crippen molar-refractivity contribution in [1.29, 1.82) is 0 Å². The molecule has 1 aliphatic heterocycles. The Morgan fingerprint density at radius 2 is 2.06 bits per heavy atom. The molecule has 158 valence electrons. The summed E-state index contributed by atoms with van der Waals surface area (Å²) in [5, 5.41) is 17.0. The summed E-state index contributed by atoms with van der Waals surface area (Å²) < 4.78 is 15.6. The second kappa shape index (κ2) is 8.31. The van der Waals surface area contributed by atoms with Gasteiger partial charge in [0.25, 0.3) is 0 Å². The van der Waals surface area contributed by atoms with Crippen LogP contribution in [0.4, 0.5) is 16.0 Å². The number of pyridine rings is 1. The first-order chi connectivity index (χ1) is 15.2. The van der Waals surface area contributed by atoms with Crippen molar-refractivity contribution in [3.63, 3.8) is 0 Å². The predicted molar refractivity (Wildman–Crippen MR) is 118 cm³/mol. The summed E-state index contributed by atoms with van der Waals surface area (Å²) in [7, 11) is 0. The van der Waals surface area contributed by atoms with E-state index in [0.717, 1.165) is 47.7 Å². The summed E-state index contributed by atoms with van der Waals surface area (Å²) in [4.78, 5) is 11.0. The molecule has 1 aromatic carbocycles. The monoisotopic (exact) mass is 418 g/mol. The van der Waals surface area contributed by atoms with Crippen LogP contribution in [0.5, 0.6) is 0 Å². The van der Waals surface area contributed by atoms with E-state index in [1.165, 1.54) is 6.07 Å². The van der Waals surface area contributed by atoms with Gasteiger partial charge >= 0.3 is 0 Å². The van der Waals surface area contributed by atoms with Crippen LogP contribution in [-0.2, 0) is 0 Å². The Morgan fingerprint density at radius 3 is 2.94 bits per heavy atom. The van der Waals surface area contributed by atoms with Crippen molar-refractivity contribution in [2.75, 3.05) is 29.9 Å².